The molecule has 0 aromatic carbocycles. The predicted molar refractivity (Wildman–Crippen MR) is 56.0 cm³/mol. The number of aliphatic hydroxyl groups is 1. The molecule has 0 unspecified atom stereocenters. The predicted octanol–water partition coefficient (Wildman–Crippen LogP) is 2.27. The lowest BCUT2D eigenvalue weighted by Gasteiger charge is -2.15. The molecule has 3 heteroatoms. The van der Waals surface area contributed by atoms with Crippen LogP contribution in [-0.4, -0.2) is 23.3 Å². The molecule has 14 heavy (non-hydrogen) atoms. The Hall–Kier alpha value is -0.570. The highest BCUT2D eigenvalue weighted by atomic mass is 16.5. The maximum absolute atomic E-state index is 11.1. The van der Waals surface area contributed by atoms with Gasteiger partial charge < -0.3 is 9.84 Å². The maximum atomic E-state index is 11.1. The highest BCUT2D eigenvalue weighted by Gasteiger charge is 2.25. The molecule has 0 spiro atoms. The smallest absolute Gasteiger partial charge is 0.337 e. The van der Waals surface area contributed by atoms with E-state index in [1.54, 1.807) is 0 Å². The Morgan fingerprint density at radius 3 is 2.29 bits per heavy atom. The monoisotopic (exact) mass is 202 g/mol. The third-order valence-corrected chi connectivity index (χ3v) is 1.98. The summed E-state index contributed by atoms with van der Waals surface area (Å²) in [6.07, 6.45) is 5.62. The molecule has 0 aliphatic carbocycles. The van der Waals surface area contributed by atoms with Gasteiger partial charge in [0.25, 0.3) is 0 Å². The van der Waals surface area contributed by atoms with Crippen molar-refractivity contribution in [3.8, 4) is 0 Å². The van der Waals surface area contributed by atoms with E-state index < -0.39 is 11.6 Å². The van der Waals surface area contributed by atoms with Gasteiger partial charge in [-0.2, -0.15) is 0 Å². The van der Waals surface area contributed by atoms with Gasteiger partial charge in [-0.15, -0.1) is 0 Å². The van der Waals surface area contributed by atoms with Crippen LogP contribution in [0, 0.1) is 0 Å². The van der Waals surface area contributed by atoms with Crippen molar-refractivity contribution in [3.05, 3.63) is 0 Å². The average molecular weight is 202 g/mol. The van der Waals surface area contributed by atoms with Crippen LogP contribution < -0.4 is 0 Å². The Morgan fingerprint density at radius 2 is 1.79 bits per heavy atom. The summed E-state index contributed by atoms with van der Waals surface area (Å²) in [6.45, 7) is 5.46. The zero-order valence-electron chi connectivity index (χ0n) is 9.51. The number of unbranched alkanes of at least 4 members (excludes halogenated alkanes) is 4. The maximum Gasteiger partial charge on any atom is 0.337 e. The Labute approximate surface area is 86.5 Å². The second kappa shape index (κ2) is 6.82. The molecule has 0 fully saturated rings. The Morgan fingerprint density at radius 1 is 1.21 bits per heavy atom. The van der Waals surface area contributed by atoms with Gasteiger partial charge in [0.2, 0.25) is 0 Å². The van der Waals surface area contributed by atoms with Gasteiger partial charge in [0.1, 0.15) is 0 Å². The minimum Gasteiger partial charge on any atom is -0.464 e. The summed E-state index contributed by atoms with van der Waals surface area (Å²) >= 11 is 0. The Balaban J connectivity index is 3.33. The molecule has 0 radical (unpaired) electrons. The van der Waals surface area contributed by atoms with E-state index in [4.69, 9.17) is 4.74 Å². The fourth-order valence-corrected chi connectivity index (χ4v) is 1.05. The number of rotatable bonds is 7. The van der Waals surface area contributed by atoms with Gasteiger partial charge in [-0.1, -0.05) is 32.6 Å². The normalized spacial score (nSPS) is 11.4. The first-order valence-corrected chi connectivity index (χ1v) is 5.38. The van der Waals surface area contributed by atoms with Crippen molar-refractivity contribution in [2.24, 2.45) is 0 Å². The zero-order valence-corrected chi connectivity index (χ0v) is 9.51. The summed E-state index contributed by atoms with van der Waals surface area (Å²) in [6, 6.07) is 0. The first-order valence-electron chi connectivity index (χ1n) is 5.38. The molecular formula is C11H22O3. The molecule has 0 aliphatic rings. The number of hydrogen-bond donors (Lipinski definition) is 1. The molecule has 0 saturated heterocycles. The molecule has 0 amide bonds. The largest absolute Gasteiger partial charge is 0.464 e. The highest BCUT2D eigenvalue weighted by molar-refractivity contribution is 5.78. The van der Waals surface area contributed by atoms with Crippen LogP contribution in [0.2, 0.25) is 0 Å². The molecule has 0 aromatic heterocycles. The van der Waals surface area contributed by atoms with Gasteiger partial charge in [0.05, 0.1) is 6.61 Å². The number of hydrogen-bond acceptors (Lipinski definition) is 3. The van der Waals surface area contributed by atoms with Crippen molar-refractivity contribution in [1.82, 2.24) is 0 Å². The van der Waals surface area contributed by atoms with Crippen LogP contribution in [0.5, 0.6) is 0 Å². The summed E-state index contributed by atoms with van der Waals surface area (Å²) in [4.78, 5) is 11.1. The molecule has 0 aromatic rings. The lowest BCUT2D eigenvalue weighted by atomic mass is 10.1. The highest BCUT2D eigenvalue weighted by Crippen LogP contribution is 2.06. The van der Waals surface area contributed by atoms with Gasteiger partial charge in [-0.3, -0.25) is 0 Å². The molecule has 0 heterocycles. The first kappa shape index (κ1) is 13.4. The summed E-state index contributed by atoms with van der Waals surface area (Å²) in [7, 11) is 0. The fourth-order valence-electron chi connectivity index (χ4n) is 1.05. The molecule has 0 saturated carbocycles. The second-order valence-corrected chi connectivity index (χ2v) is 4.11. The van der Waals surface area contributed by atoms with Crippen LogP contribution >= 0.6 is 0 Å². The van der Waals surface area contributed by atoms with Crippen LogP contribution in [-0.2, 0) is 9.53 Å². The minimum absolute atomic E-state index is 0.423. The van der Waals surface area contributed by atoms with Gasteiger partial charge >= 0.3 is 5.97 Å². The van der Waals surface area contributed by atoms with Crippen molar-refractivity contribution < 1.29 is 14.6 Å². The van der Waals surface area contributed by atoms with Crippen molar-refractivity contribution in [3.63, 3.8) is 0 Å². The molecule has 0 rings (SSSR count). The lowest BCUT2D eigenvalue weighted by Crippen LogP contribution is -2.33. The van der Waals surface area contributed by atoms with E-state index in [0.717, 1.165) is 12.8 Å². The number of esters is 1. The SMILES string of the molecule is CCCCCCCOC(=O)C(C)(C)O. The van der Waals surface area contributed by atoms with Gasteiger partial charge in [-0.05, 0) is 20.3 Å². The summed E-state index contributed by atoms with van der Waals surface area (Å²) in [5.41, 5.74) is -1.36. The number of ether oxygens (including phenoxy) is 1. The Bertz CT molecular complexity index is 158. The topological polar surface area (TPSA) is 46.5 Å². The van der Waals surface area contributed by atoms with Crippen LogP contribution in [0.15, 0.2) is 0 Å². The van der Waals surface area contributed by atoms with Crippen LogP contribution in [0.1, 0.15) is 52.9 Å². The van der Waals surface area contributed by atoms with Crippen molar-refractivity contribution in [2.75, 3.05) is 6.61 Å². The van der Waals surface area contributed by atoms with E-state index in [1.807, 2.05) is 0 Å². The van der Waals surface area contributed by atoms with Crippen molar-refractivity contribution >= 4 is 5.97 Å². The minimum atomic E-state index is -1.36. The van der Waals surface area contributed by atoms with Crippen LogP contribution in [0.3, 0.4) is 0 Å². The lowest BCUT2D eigenvalue weighted by molar-refractivity contribution is -0.161. The van der Waals surface area contributed by atoms with Gasteiger partial charge in [0, 0.05) is 0 Å². The van der Waals surface area contributed by atoms with Gasteiger partial charge in [0.15, 0.2) is 5.60 Å². The van der Waals surface area contributed by atoms with Crippen LogP contribution in [0.4, 0.5) is 0 Å². The molecule has 3 nitrogen and oxygen atoms in total. The van der Waals surface area contributed by atoms with E-state index in [-0.39, 0.29) is 0 Å². The zero-order chi connectivity index (χ0) is 11.0. The number of carbonyl (C=O) groups excluding carboxylic acids is 1. The van der Waals surface area contributed by atoms with E-state index in [0.29, 0.717) is 6.61 Å². The van der Waals surface area contributed by atoms with Crippen molar-refractivity contribution in [2.45, 2.75) is 58.5 Å². The summed E-state index contributed by atoms with van der Waals surface area (Å²) in [5, 5.41) is 9.25. The quantitative estimate of drug-likeness (QED) is 0.509. The molecule has 84 valence electrons. The summed E-state index contributed by atoms with van der Waals surface area (Å²) in [5.74, 6) is -0.534. The number of carbonyl (C=O) groups is 1. The summed E-state index contributed by atoms with van der Waals surface area (Å²) < 4.78 is 4.90. The van der Waals surface area contributed by atoms with Crippen molar-refractivity contribution in [1.29, 1.82) is 0 Å². The van der Waals surface area contributed by atoms with E-state index >= 15 is 0 Å². The fraction of sp³-hybridized carbons (Fsp3) is 0.909. The third kappa shape index (κ3) is 6.89. The second-order valence-electron chi connectivity index (χ2n) is 4.11. The molecule has 1 N–H and O–H groups in total. The standard InChI is InChI=1S/C11H22O3/c1-4-5-6-7-8-9-14-10(12)11(2,3)13/h13H,4-9H2,1-3H3. The molecule has 0 aliphatic heterocycles. The molecule has 0 bridgehead atoms. The molecule has 0 atom stereocenters. The van der Waals surface area contributed by atoms with E-state index in [2.05, 4.69) is 6.92 Å². The third-order valence-electron chi connectivity index (χ3n) is 1.98. The van der Waals surface area contributed by atoms with Gasteiger partial charge in [-0.25, -0.2) is 4.79 Å². The van der Waals surface area contributed by atoms with E-state index in [9.17, 15) is 9.90 Å². The Kier molecular flexibility index (Phi) is 6.54. The average Bonchev–Trinajstić information content (AvgIpc) is 2.09. The first-order chi connectivity index (χ1) is 6.48. The van der Waals surface area contributed by atoms with Crippen LogP contribution in [0.25, 0.3) is 0 Å². The van der Waals surface area contributed by atoms with E-state index in [1.165, 1.54) is 33.1 Å². The molecular weight excluding hydrogens is 180 g/mol.